The van der Waals surface area contributed by atoms with E-state index in [0.29, 0.717) is 5.57 Å². The molecule has 1 nitrogen and oxygen atoms in total. The van der Waals surface area contributed by atoms with Crippen molar-refractivity contribution in [1.29, 1.82) is 0 Å². The Hall–Kier alpha value is -0.840. The third-order valence-electron chi connectivity index (χ3n) is 2.17. The van der Waals surface area contributed by atoms with Gasteiger partial charge in [0.15, 0.2) is 0 Å². The average Bonchev–Trinajstić information content (AvgIpc) is 1.96. The highest BCUT2D eigenvalue weighted by Crippen LogP contribution is 2.31. The van der Waals surface area contributed by atoms with Crippen molar-refractivity contribution in [3.63, 3.8) is 0 Å². The molecule has 0 aromatic rings. The molecule has 0 aliphatic heterocycles. The van der Waals surface area contributed by atoms with Gasteiger partial charge in [0.1, 0.15) is 5.83 Å². The summed E-state index contributed by atoms with van der Waals surface area (Å²) in [6, 6.07) is 0. The summed E-state index contributed by atoms with van der Waals surface area (Å²) >= 11 is 0. The predicted molar refractivity (Wildman–Crippen MR) is 43.0 cm³/mol. The molecule has 14 heavy (non-hydrogen) atoms. The van der Waals surface area contributed by atoms with Crippen LogP contribution in [0, 0.1) is 5.92 Å². The van der Waals surface area contributed by atoms with Crippen LogP contribution < -0.4 is 0 Å². The van der Waals surface area contributed by atoms with Gasteiger partial charge in [0.05, 0.1) is 6.10 Å². The van der Waals surface area contributed by atoms with Crippen LogP contribution in [-0.4, -0.2) is 12.5 Å². The molecule has 0 aromatic heterocycles. The lowest BCUT2D eigenvalue weighted by Crippen LogP contribution is -2.30. The lowest BCUT2D eigenvalue weighted by molar-refractivity contribution is -0.340. The second kappa shape index (κ2) is 3.73. The van der Waals surface area contributed by atoms with Gasteiger partial charge in [-0.1, -0.05) is 12.5 Å². The van der Waals surface area contributed by atoms with Crippen molar-refractivity contribution in [2.24, 2.45) is 5.92 Å². The van der Waals surface area contributed by atoms with E-state index < -0.39 is 24.2 Å². The molecule has 0 radical (unpaired) electrons. The van der Waals surface area contributed by atoms with Gasteiger partial charge in [-0.2, -0.15) is 0 Å². The topological polar surface area (TPSA) is 9.23 Å². The van der Waals surface area contributed by atoms with Gasteiger partial charge in [0.25, 0.3) is 0 Å². The number of halogens is 4. The zero-order valence-electron chi connectivity index (χ0n) is 7.73. The third kappa shape index (κ3) is 2.83. The van der Waals surface area contributed by atoms with E-state index in [0.717, 1.165) is 6.08 Å². The van der Waals surface area contributed by atoms with Crippen LogP contribution in [-0.2, 0) is 4.74 Å². The fourth-order valence-electron chi connectivity index (χ4n) is 1.25. The van der Waals surface area contributed by atoms with Gasteiger partial charge in [-0.3, -0.25) is 4.74 Å². The Balaban J connectivity index is 2.77. The van der Waals surface area contributed by atoms with E-state index in [1.807, 2.05) is 0 Å². The molecular weight excluding hydrogens is 200 g/mol. The van der Waals surface area contributed by atoms with Crippen LogP contribution in [0.1, 0.15) is 13.8 Å². The lowest BCUT2D eigenvalue weighted by Gasteiger charge is -2.25. The maximum absolute atomic E-state index is 12.8. The van der Waals surface area contributed by atoms with Gasteiger partial charge < -0.3 is 0 Å². The highest BCUT2D eigenvalue weighted by molar-refractivity contribution is 5.26. The third-order valence-corrected chi connectivity index (χ3v) is 2.17. The minimum atomic E-state index is -4.73. The van der Waals surface area contributed by atoms with E-state index in [-0.39, 0.29) is 0 Å². The Labute approximate surface area is 79.0 Å². The molecular formula is C9H10F4O. The number of hydrogen-bond acceptors (Lipinski definition) is 1. The smallest absolute Gasteiger partial charge is 0.284 e. The molecule has 2 atom stereocenters. The van der Waals surface area contributed by atoms with Gasteiger partial charge in [0.2, 0.25) is 0 Å². The molecule has 0 amide bonds. The van der Waals surface area contributed by atoms with Gasteiger partial charge >= 0.3 is 6.36 Å². The molecule has 0 heterocycles. The molecule has 0 spiro atoms. The number of allylic oxidation sites excluding steroid dienone is 2. The van der Waals surface area contributed by atoms with Crippen LogP contribution in [0.25, 0.3) is 0 Å². The summed E-state index contributed by atoms with van der Waals surface area (Å²) in [5.41, 5.74) is 0.541. The van der Waals surface area contributed by atoms with Crippen molar-refractivity contribution in [1.82, 2.24) is 0 Å². The van der Waals surface area contributed by atoms with Gasteiger partial charge in [-0.25, -0.2) is 4.39 Å². The standard InChI is InChI=1S/C9H10F4O/c1-5-3-7(10)4-8(6(5)2)14-9(11,12)13/h3-4,6,8H,1-2H3. The van der Waals surface area contributed by atoms with Gasteiger partial charge in [-0.15, -0.1) is 13.2 Å². The first-order valence-corrected chi connectivity index (χ1v) is 4.09. The summed E-state index contributed by atoms with van der Waals surface area (Å²) in [6.07, 6.45) is -3.95. The minimum absolute atomic E-state index is 0.462. The summed E-state index contributed by atoms with van der Waals surface area (Å²) in [5.74, 6) is -1.15. The minimum Gasteiger partial charge on any atom is -0.284 e. The van der Waals surface area contributed by atoms with Crippen molar-refractivity contribution in [2.75, 3.05) is 0 Å². The summed E-state index contributed by atoms with van der Waals surface area (Å²) < 4.78 is 52.2. The highest BCUT2D eigenvalue weighted by atomic mass is 19.4. The van der Waals surface area contributed by atoms with Crippen LogP contribution in [0.15, 0.2) is 23.6 Å². The molecule has 0 saturated carbocycles. The number of hydrogen-bond donors (Lipinski definition) is 0. The molecule has 0 aromatic carbocycles. The van der Waals surface area contributed by atoms with Crippen molar-refractivity contribution in [3.05, 3.63) is 23.6 Å². The Bertz CT molecular complexity index is 277. The molecule has 0 fully saturated rings. The summed E-state index contributed by atoms with van der Waals surface area (Å²) in [5, 5.41) is 0. The average molecular weight is 210 g/mol. The fraction of sp³-hybridized carbons (Fsp3) is 0.556. The zero-order valence-corrected chi connectivity index (χ0v) is 7.73. The maximum atomic E-state index is 12.8. The van der Waals surface area contributed by atoms with Crippen LogP contribution in [0.4, 0.5) is 17.6 Å². The van der Waals surface area contributed by atoms with Crippen LogP contribution in [0.2, 0.25) is 0 Å². The Morgan fingerprint density at radius 2 is 1.93 bits per heavy atom. The Kier molecular flexibility index (Phi) is 2.99. The lowest BCUT2D eigenvalue weighted by atomic mass is 9.91. The highest BCUT2D eigenvalue weighted by Gasteiger charge is 2.36. The SMILES string of the molecule is CC1=CC(F)=CC(OC(F)(F)F)C1C. The molecule has 1 aliphatic rings. The molecule has 5 heteroatoms. The van der Waals surface area contributed by atoms with E-state index in [1.165, 1.54) is 6.08 Å². The van der Waals surface area contributed by atoms with E-state index in [1.54, 1.807) is 13.8 Å². The molecule has 1 aliphatic carbocycles. The van der Waals surface area contributed by atoms with E-state index >= 15 is 0 Å². The van der Waals surface area contributed by atoms with Gasteiger partial charge in [0, 0.05) is 5.92 Å². The Morgan fingerprint density at radius 1 is 1.36 bits per heavy atom. The summed E-state index contributed by atoms with van der Waals surface area (Å²) in [6.45, 7) is 3.13. The van der Waals surface area contributed by atoms with E-state index in [2.05, 4.69) is 4.74 Å². The zero-order chi connectivity index (χ0) is 10.9. The number of alkyl halides is 3. The van der Waals surface area contributed by atoms with Crippen LogP contribution in [0.5, 0.6) is 0 Å². The molecule has 0 N–H and O–H groups in total. The predicted octanol–water partition coefficient (Wildman–Crippen LogP) is 3.34. The first-order chi connectivity index (χ1) is 6.29. The Morgan fingerprint density at radius 3 is 2.43 bits per heavy atom. The number of ether oxygens (including phenoxy) is 1. The maximum Gasteiger partial charge on any atom is 0.523 e. The van der Waals surface area contributed by atoms with Crippen LogP contribution >= 0.6 is 0 Å². The van der Waals surface area contributed by atoms with Crippen molar-refractivity contribution in [3.8, 4) is 0 Å². The molecule has 2 unspecified atom stereocenters. The van der Waals surface area contributed by atoms with Crippen molar-refractivity contribution < 1.29 is 22.3 Å². The van der Waals surface area contributed by atoms with Crippen molar-refractivity contribution in [2.45, 2.75) is 26.3 Å². The monoisotopic (exact) mass is 210 g/mol. The quantitative estimate of drug-likeness (QED) is 0.603. The molecule has 0 saturated heterocycles. The normalized spacial score (nSPS) is 28.4. The summed E-state index contributed by atoms with van der Waals surface area (Å²) in [4.78, 5) is 0. The second-order valence-corrected chi connectivity index (χ2v) is 3.26. The second-order valence-electron chi connectivity index (χ2n) is 3.26. The first kappa shape index (κ1) is 11.2. The molecule has 0 bridgehead atoms. The molecule has 1 rings (SSSR count). The number of rotatable bonds is 1. The largest absolute Gasteiger partial charge is 0.523 e. The van der Waals surface area contributed by atoms with Gasteiger partial charge in [-0.05, 0) is 19.1 Å². The van der Waals surface area contributed by atoms with Crippen LogP contribution in [0.3, 0.4) is 0 Å². The van der Waals surface area contributed by atoms with E-state index in [9.17, 15) is 17.6 Å². The summed E-state index contributed by atoms with van der Waals surface area (Å²) in [7, 11) is 0. The first-order valence-electron chi connectivity index (χ1n) is 4.09. The molecule has 80 valence electrons. The fourth-order valence-corrected chi connectivity index (χ4v) is 1.25. The van der Waals surface area contributed by atoms with E-state index in [4.69, 9.17) is 0 Å². The van der Waals surface area contributed by atoms with Crippen molar-refractivity contribution >= 4 is 0 Å².